The van der Waals surface area contributed by atoms with Crippen molar-refractivity contribution >= 4 is 29.3 Å². The maximum absolute atomic E-state index is 13.0. The van der Waals surface area contributed by atoms with Crippen LogP contribution in [0.15, 0.2) is 23.0 Å². The fourth-order valence-corrected chi connectivity index (χ4v) is 4.85. The minimum atomic E-state index is -0.894. The molecule has 2 amide bonds. The molecule has 2 aliphatic heterocycles. The number of anilines is 3. The number of piperidine rings is 1. The number of amides is 2. The summed E-state index contributed by atoms with van der Waals surface area (Å²) in [6.45, 7) is 9.82. The van der Waals surface area contributed by atoms with Crippen molar-refractivity contribution in [2.24, 2.45) is 11.8 Å². The zero-order valence-electron chi connectivity index (χ0n) is 18.4. The van der Waals surface area contributed by atoms with Gasteiger partial charge in [0.25, 0.3) is 5.56 Å². The van der Waals surface area contributed by atoms with E-state index in [0.717, 1.165) is 30.6 Å². The Bertz CT molecular complexity index is 1060. The molecule has 8 nitrogen and oxygen atoms in total. The molecule has 2 aliphatic rings. The fraction of sp³-hybridized carbons (Fsp3) is 0.478. The summed E-state index contributed by atoms with van der Waals surface area (Å²) < 4.78 is 0. The maximum atomic E-state index is 13.0. The molecular formula is C23H29N5O3. The Kier molecular flexibility index (Phi) is 5.56. The van der Waals surface area contributed by atoms with Crippen molar-refractivity contribution in [3.63, 3.8) is 0 Å². The summed E-state index contributed by atoms with van der Waals surface area (Å²) in [7, 11) is 0. The van der Waals surface area contributed by atoms with Crippen molar-refractivity contribution in [2.75, 3.05) is 28.6 Å². The zero-order valence-corrected chi connectivity index (χ0v) is 18.4. The average Bonchev–Trinajstić information content (AvgIpc) is 2.65. The third-order valence-corrected chi connectivity index (χ3v) is 5.91. The van der Waals surface area contributed by atoms with Crippen LogP contribution in [-0.4, -0.2) is 34.9 Å². The summed E-state index contributed by atoms with van der Waals surface area (Å²) in [4.78, 5) is 47.9. The van der Waals surface area contributed by atoms with Gasteiger partial charge in [-0.2, -0.15) is 4.98 Å². The van der Waals surface area contributed by atoms with Crippen molar-refractivity contribution < 1.29 is 9.59 Å². The number of aryl methyl sites for hydroxylation is 2. The third kappa shape index (κ3) is 4.47. The lowest BCUT2D eigenvalue weighted by molar-refractivity contribution is -0.123. The number of nitrogens with one attached hydrogen (secondary N) is 3. The smallest absolute Gasteiger partial charge is 0.258 e. The van der Waals surface area contributed by atoms with Crippen LogP contribution in [0.2, 0.25) is 0 Å². The van der Waals surface area contributed by atoms with Crippen molar-refractivity contribution in [1.82, 2.24) is 9.97 Å². The van der Waals surface area contributed by atoms with Crippen LogP contribution in [0.1, 0.15) is 49.3 Å². The van der Waals surface area contributed by atoms with Gasteiger partial charge in [0.05, 0.1) is 11.5 Å². The molecule has 0 spiro atoms. The maximum Gasteiger partial charge on any atom is 0.258 e. The largest absolute Gasteiger partial charge is 0.342 e. The molecule has 1 aromatic carbocycles. The van der Waals surface area contributed by atoms with E-state index >= 15 is 0 Å². The summed E-state index contributed by atoms with van der Waals surface area (Å²) in [5, 5.41) is 5.55. The molecule has 1 fully saturated rings. The average molecular weight is 424 g/mol. The topological polar surface area (TPSA) is 107 Å². The van der Waals surface area contributed by atoms with Crippen LogP contribution in [0.5, 0.6) is 0 Å². The molecule has 3 atom stereocenters. The highest BCUT2D eigenvalue weighted by Gasteiger charge is 2.35. The summed E-state index contributed by atoms with van der Waals surface area (Å²) >= 11 is 0. The molecule has 0 unspecified atom stereocenters. The monoisotopic (exact) mass is 423 g/mol. The van der Waals surface area contributed by atoms with Gasteiger partial charge < -0.3 is 15.5 Å². The van der Waals surface area contributed by atoms with Crippen LogP contribution in [0.25, 0.3) is 0 Å². The first kappa shape index (κ1) is 21.1. The van der Waals surface area contributed by atoms with E-state index in [-0.39, 0.29) is 35.2 Å². The molecule has 0 bridgehead atoms. The number of aromatic nitrogens is 2. The molecule has 1 saturated heterocycles. The van der Waals surface area contributed by atoms with E-state index in [4.69, 9.17) is 0 Å². The van der Waals surface area contributed by atoms with E-state index in [1.54, 1.807) is 0 Å². The third-order valence-electron chi connectivity index (χ3n) is 5.91. The van der Waals surface area contributed by atoms with Gasteiger partial charge in [-0.25, -0.2) is 0 Å². The number of aromatic amines is 1. The SMILES string of the molecule is Cc1cc(C)cc(NC(=O)[C@@H]2CC(=O)Nc3nc(N4C[C@H](C)C[C@H](C)C4)[nH]c(=O)c32)c1. The van der Waals surface area contributed by atoms with Gasteiger partial charge in [0.2, 0.25) is 17.8 Å². The minimum absolute atomic E-state index is 0.0917. The number of carbonyl (C=O) groups is 2. The number of carbonyl (C=O) groups excluding carboxylic acids is 2. The molecule has 4 rings (SSSR count). The van der Waals surface area contributed by atoms with Crippen LogP contribution in [-0.2, 0) is 9.59 Å². The van der Waals surface area contributed by atoms with Gasteiger partial charge in [0.15, 0.2) is 0 Å². The lowest BCUT2D eigenvalue weighted by Crippen LogP contribution is -2.42. The van der Waals surface area contributed by atoms with E-state index in [1.807, 2.05) is 36.9 Å². The van der Waals surface area contributed by atoms with Gasteiger partial charge in [-0.3, -0.25) is 19.4 Å². The minimum Gasteiger partial charge on any atom is -0.342 e. The number of hydrogen-bond acceptors (Lipinski definition) is 5. The molecule has 8 heteroatoms. The van der Waals surface area contributed by atoms with Crippen LogP contribution >= 0.6 is 0 Å². The predicted molar refractivity (Wildman–Crippen MR) is 121 cm³/mol. The Labute approximate surface area is 181 Å². The van der Waals surface area contributed by atoms with Crippen molar-refractivity contribution in [1.29, 1.82) is 0 Å². The summed E-state index contributed by atoms with van der Waals surface area (Å²) in [6.07, 6.45) is 1.04. The van der Waals surface area contributed by atoms with E-state index in [2.05, 4.69) is 34.4 Å². The highest BCUT2D eigenvalue weighted by atomic mass is 16.2. The summed E-state index contributed by atoms with van der Waals surface area (Å²) in [5.74, 6) is -0.0146. The zero-order chi connectivity index (χ0) is 22.3. The number of nitrogens with zero attached hydrogens (tertiary/aromatic N) is 2. The second-order valence-corrected chi connectivity index (χ2v) is 9.17. The van der Waals surface area contributed by atoms with Crippen molar-refractivity contribution in [3.8, 4) is 0 Å². The molecule has 0 radical (unpaired) electrons. The standard InChI is InChI=1S/C23H29N5O3/c1-12-5-13(2)8-16(7-12)24-21(30)17-9-18(29)25-20-19(17)22(31)27-23(26-20)28-10-14(3)6-15(4)11-28/h5,7-8,14-15,17H,6,9-11H2,1-4H3,(H,24,30)(H2,25,26,27,29,31)/t14-,15+,17-/m1/s1. The lowest BCUT2D eigenvalue weighted by Gasteiger charge is -2.35. The normalized spacial score (nSPS) is 23.2. The number of hydrogen-bond donors (Lipinski definition) is 3. The highest BCUT2D eigenvalue weighted by molar-refractivity contribution is 6.04. The number of benzene rings is 1. The van der Waals surface area contributed by atoms with Crippen molar-refractivity contribution in [3.05, 3.63) is 45.2 Å². The van der Waals surface area contributed by atoms with Crippen LogP contribution in [0.4, 0.5) is 17.5 Å². The molecule has 2 aromatic rings. The van der Waals surface area contributed by atoms with Crippen LogP contribution in [0.3, 0.4) is 0 Å². The molecular weight excluding hydrogens is 394 g/mol. The first-order valence-corrected chi connectivity index (χ1v) is 10.8. The van der Waals surface area contributed by atoms with Gasteiger partial charge in [0.1, 0.15) is 5.82 Å². The summed E-state index contributed by atoms with van der Waals surface area (Å²) in [6, 6.07) is 5.73. The Morgan fingerprint density at radius 3 is 2.39 bits per heavy atom. The number of H-pyrrole nitrogens is 1. The quantitative estimate of drug-likeness (QED) is 0.704. The molecule has 3 N–H and O–H groups in total. The number of rotatable bonds is 3. The molecule has 164 valence electrons. The van der Waals surface area contributed by atoms with E-state index < -0.39 is 5.92 Å². The second-order valence-electron chi connectivity index (χ2n) is 9.17. The van der Waals surface area contributed by atoms with E-state index in [1.165, 1.54) is 0 Å². The Morgan fingerprint density at radius 2 is 1.74 bits per heavy atom. The fourth-order valence-electron chi connectivity index (χ4n) is 4.85. The van der Waals surface area contributed by atoms with E-state index in [9.17, 15) is 14.4 Å². The Hall–Kier alpha value is -3.16. The summed E-state index contributed by atoms with van der Waals surface area (Å²) in [5.41, 5.74) is 2.51. The Morgan fingerprint density at radius 1 is 1.10 bits per heavy atom. The molecule has 0 aliphatic carbocycles. The van der Waals surface area contributed by atoms with Gasteiger partial charge in [-0.05, 0) is 55.4 Å². The van der Waals surface area contributed by atoms with E-state index in [0.29, 0.717) is 23.5 Å². The first-order valence-electron chi connectivity index (χ1n) is 10.8. The molecule has 1 aromatic heterocycles. The van der Waals surface area contributed by atoms with Gasteiger partial charge in [-0.15, -0.1) is 0 Å². The molecule has 31 heavy (non-hydrogen) atoms. The Balaban J connectivity index is 1.65. The highest BCUT2D eigenvalue weighted by Crippen LogP contribution is 2.31. The van der Waals surface area contributed by atoms with Gasteiger partial charge >= 0.3 is 0 Å². The van der Waals surface area contributed by atoms with Gasteiger partial charge in [0, 0.05) is 25.2 Å². The first-order chi connectivity index (χ1) is 14.7. The van der Waals surface area contributed by atoms with Crippen molar-refractivity contribution in [2.45, 2.75) is 46.5 Å². The number of fused-ring (bicyclic) bond motifs is 1. The van der Waals surface area contributed by atoms with Gasteiger partial charge in [-0.1, -0.05) is 19.9 Å². The lowest BCUT2D eigenvalue weighted by atomic mass is 9.91. The second kappa shape index (κ2) is 8.17. The van der Waals surface area contributed by atoms with Crippen LogP contribution < -0.4 is 21.1 Å². The predicted octanol–water partition coefficient (Wildman–Crippen LogP) is 2.93. The van der Waals surface area contributed by atoms with Crippen LogP contribution in [0, 0.1) is 25.7 Å². The molecule has 0 saturated carbocycles. The molecule has 3 heterocycles.